The summed E-state index contributed by atoms with van der Waals surface area (Å²) in [7, 11) is 0. The topological polar surface area (TPSA) is 46.5 Å². The van der Waals surface area contributed by atoms with E-state index in [1.807, 2.05) is 6.07 Å². The highest BCUT2D eigenvalue weighted by atomic mass is 16.5. The van der Waals surface area contributed by atoms with Crippen LogP contribution in [0.3, 0.4) is 0 Å². The van der Waals surface area contributed by atoms with Gasteiger partial charge in [-0.15, -0.1) is 0 Å². The quantitative estimate of drug-likeness (QED) is 0.257. The molecule has 1 aromatic carbocycles. The van der Waals surface area contributed by atoms with Crippen molar-refractivity contribution in [2.24, 2.45) is 0 Å². The Hall–Kier alpha value is -2.81. The summed E-state index contributed by atoms with van der Waals surface area (Å²) >= 11 is 0. The number of carbonyl (C=O) groups excluding carboxylic acids is 1. The van der Waals surface area contributed by atoms with Crippen molar-refractivity contribution in [3.63, 3.8) is 0 Å². The normalized spacial score (nSPS) is 13.3. The number of carbonyl (C=O) groups is 1. The number of fused-ring (bicyclic) bond motifs is 1. The van der Waals surface area contributed by atoms with E-state index in [0.717, 1.165) is 44.5 Å². The smallest absolute Gasteiger partial charge is 0.344 e. The van der Waals surface area contributed by atoms with E-state index < -0.39 is 10.8 Å². The molecule has 2 aliphatic carbocycles. The predicted molar refractivity (Wildman–Crippen MR) is 174 cm³/mol. The van der Waals surface area contributed by atoms with Gasteiger partial charge < -0.3 is 9.84 Å². The molecular formula is C38H54O3. The lowest BCUT2D eigenvalue weighted by Gasteiger charge is -2.40. The largest absolute Gasteiger partial charge is 0.507 e. The van der Waals surface area contributed by atoms with Gasteiger partial charge in [-0.1, -0.05) is 115 Å². The van der Waals surface area contributed by atoms with E-state index in [9.17, 15) is 9.90 Å². The fourth-order valence-electron chi connectivity index (χ4n) is 6.21. The van der Waals surface area contributed by atoms with Crippen molar-refractivity contribution in [3.8, 4) is 22.6 Å². The first-order valence-corrected chi connectivity index (χ1v) is 15.1. The van der Waals surface area contributed by atoms with E-state index in [4.69, 9.17) is 4.74 Å². The summed E-state index contributed by atoms with van der Waals surface area (Å²) in [5.74, 6) is 0.931. The molecule has 0 aliphatic heterocycles. The molecule has 0 amide bonds. The zero-order valence-corrected chi connectivity index (χ0v) is 28.7. The molecule has 224 valence electrons. The van der Waals surface area contributed by atoms with Crippen molar-refractivity contribution in [3.05, 3.63) is 68.8 Å². The van der Waals surface area contributed by atoms with Crippen LogP contribution < -0.4 is 4.74 Å². The fraction of sp³-hybridized carbons (Fsp3) is 0.553. The molecule has 0 saturated heterocycles. The van der Waals surface area contributed by atoms with Gasteiger partial charge in [-0.2, -0.15) is 0 Å². The molecule has 0 fully saturated rings. The van der Waals surface area contributed by atoms with Crippen LogP contribution in [0.1, 0.15) is 152 Å². The minimum absolute atomic E-state index is 0.318. The highest BCUT2D eigenvalue weighted by molar-refractivity contribution is 6.02. The van der Waals surface area contributed by atoms with Gasteiger partial charge >= 0.3 is 5.97 Å². The highest BCUT2D eigenvalue weighted by Crippen LogP contribution is 2.54. The van der Waals surface area contributed by atoms with Crippen molar-refractivity contribution in [2.45, 2.75) is 138 Å². The highest BCUT2D eigenvalue weighted by Gasteiger charge is 2.42. The Labute approximate surface area is 250 Å². The Kier molecular flexibility index (Phi) is 8.35. The zero-order valence-electron chi connectivity index (χ0n) is 28.7. The molecule has 2 aliphatic rings. The van der Waals surface area contributed by atoms with Crippen LogP contribution in [0.2, 0.25) is 0 Å². The molecule has 0 atom stereocenters. The first-order valence-electron chi connectivity index (χ1n) is 15.1. The van der Waals surface area contributed by atoms with Gasteiger partial charge in [-0.05, 0) is 75.3 Å². The van der Waals surface area contributed by atoms with Gasteiger partial charge in [0.25, 0.3) is 0 Å². The second-order valence-electron chi connectivity index (χ2n) is 16.4. The standard InChI is InChI=1S/C38H54O3/c1-21(2)24-18-17-22(3)27-25(20-24)23(4)19-26(27)34(40)41-33-30(37(11,12)13)28(35(5,6)7)32(39)29(36(8,9)10)31(33)38(14,15)16/h17-21,39H,1-16H3. The van der Waals surface area contributed by atoms with Crippen LogP contribution in [-0.2, 0) is 21.7 Å². The molecule has 41 heavy (non-hydrogen) atoms. The minimum atomic E-state index is -0.398. The van der Waals surface area contributed by atoms with Crippen LogP contribution in [-0.4, -0.2) is 11.1 Å². The van der Waals surface area contributed by atoms with Crippen molar-refractivity contribution < 1.29 is 14.6 Å². The molecule has 0 bridgehead atoms. The maximum absolute atomic E-state index is 14.4. The Morgan fingerprint density at radius 3 is 1.51 bits per heavy atom. The summed E-state index contributed by atoms with van der Waals surface area (Å²) in [5, 5.41) is 12.1. The second kappa shape index (κ2) is 10.5. The number of hydrogen-bond donors (Lipinski definition) is 1. The number of rotatable bonds is 3. The summed E-state index contributed by atoms with van der Waals surface area (Å²) in [6.07, 6.45) is 0. The van der Waals surface area contributed by atoms with E-state index in [1.165, 1.54) is 5.56 Å². The maximum atomic E-state index is 14.4. The van der Waals surface area contributed by atoms with Crippen LogP contribution in [0, 0.1) is 13.8 Å². The third kappa shape index (κ3) is 6.20. The monoisotopic (exact) mass is 558 g/mol. The van der Waals surface area contributed by atoms with Gasteiger partial charge in [-0.25, -0.2) is 4.79 Å². The Bertz CT molecular complexity index is 1390. The van der Waals surface area contributed by atoms with Crippen LogP contribution >= 0.6 is 0 Å². The molecular weight excluding hydrogens is 504 g/mol. The molecule has 0 spiro atoms. The molecule has 3 rings (SSSR count). The molecule has 1 N–H and O–H groups in total. The number of phenols is 1. The van der Waals surface area contributed by atoms with E-state index in [1.54, 1.807) is 0 Å². The van der Waals surface area contributed by atoms with Gasteiger partial charge in [0.1, 0.15) is 11.5 Å². The SMILES string of the molecule is Cc1cc(C(=O)Oc2c(C(C)(C)C)c(C(C)(C)C)c(O)c(C(C)(C)C)c2C(C)(C)C)c2c(C)ccc(C(C)C)cc1-2. The maximum Gasteiger partial charge on any atom is 0.344 e. The molecule has 0 heterocycles. The number of benzene rings is 1. The third-order valence-corrected chi connectivity index (χ3v) is 8.06. The minimum Gasteiger partial charge on any atom is -0.507 e. The number of aromatic hydroxyl groups is 1. The number of ether oxygens (including phenoxy) is 1. The van der Waals surface area contributed by atoms with E-state index in [2.05, 4.69) is 129 Å². The summed E-state index contributed by atoms with van der Waals surface area (Å²) < 4.78 is 6.68. The van der Waals surface area contributed by atoms with Gasteiger partial charge in [0.05, 0.1) is 5.56 Å². The lowest BCUT2D eigenvalue weighted by molar-refractivity contribution is 0.0728. The van der Waals surface area contributed by atoms with E-state index in [-0.39, 0.29) is 16.8 Å². The number of phenolic OH excluding ortho intramolecular Hbond substituents is 1. The van der Waals surface area contributed by atoms with E-state index >= 15 is 0 Å². The van der Waals surface area contributed by atoms with Crippen LogP contribution in [0.15, 0.2) is 24.3 Å². The number of esters is 1. The lowest BCUT2D eigenvalue weighted by Crippen LogP contribution is -2.31. The average Bonchev–Trinajstić information content (AvgIpc) is 2.98. The summed E-state index contributed by atoms with van der Waals surface area (Å²) in [6, 6.07) is 8.48. The molecule has 0 aromatic heterocycles. The van der Waals surface area contributed by atoms with E-state index in [0.29, 0.717) is 23.0 Å². The molecule has 0 unspecified atom stereocenters. The summed E-state index contributed by atoms with van der Waals surface area (Å²) in [5.41, 5.74) is 7.90. The Morgan fingerprint density at radius 1 is 0.683 bits per heavy atom. The zero-order chi connectivity index (χ0) is 31.6. The van der Waals surface area contributed by atoms with Crippen LogP contribution in [0.4, 0.5) is 0 Å². The fourth-order valence-corrected chi connectivity index (χ4v) is 6.21. The summed E-state index contributed by atoms with van der Waals surface area (Å²) in [6.45, 7) is 34.1. The van der Waals surface area contributed by atoms with Gasteiger partial charge in [0.2, 0.25) is 0 Å². The first-order chi connectivity index (χ1) is 18.4. The van der Waals surface area contributed by atoms with Crippen molar-refractivity contribution in [1.82, 2.24) is 0 Å². The number of aryl methyl sites for hydroxylation is 2. The predicted octanol–water partition coefficient (Wildman–Crippen LogP) is 10.6. The van der Waals surface area contributed by atoms with Gasteiger partial charge in [0, 0.05) is 22.3 Å². The molecule has 0 saturated carbocycles. The average molecular weight is 559 g/mol. The van der Waals surface area contributed by atoms with Crippen molar-refractivity contribution in [1.29, 1.82) is 0 Å². The van der Waals surface area contributed by atoms with Crippen molar-refractivity contribution >= 4 is 5.97 Å². The van der Waals surface area contributed by atoms with Crippen molar-refractivity contribution in [2.75, 3.05) is 0 Å². The molecule has 1 aromatic rings. The summed E-state index contributed by atoms with van der Waals surface area (Å²) in [4.78, 5) is 14.4. The Balaban J connectivity index is 2.47. The van der Waals surface area contributed by atoms with Crippen LogP contribution in [0.25, 0.3) is 11.1 Å². The molecule has 0 radical (unpaired) electrons. The molecule has 3 nitrogen and oxygen atoms in total. The number of hydrogen-bond acceptors (Lipinski definition) is 3. The van der Waals surface area contributed by atoms with Gasteiger partial charge in [-0.3, -0.25) is 0 Å². The lowest BCUT2D eigenvalue weighted by atomic mass is 9.66. The second-order valence-corrected chi connectivity index (χ2v) is 16.4. The van der Waals surface area contributed by atoms with Crippen LogP contribution in [0.5, 0.6) is 11.5 Å². The third-order valence-electron chi connectivity index (χ3n) is 8.06. The van der Waals surface area contributed by atoms with Gasteiger partial charge in [0.15, 0.2) is 0 Å². The molecule has 3 heteroatoms. The Morgan fingerprint density at radius 2 is 1.12 bits per heavy atom. The first kappa shape index (κ1) is 32.7.